The van der Waals surface area contributed by atoms with Gasteiger partial charge in [0.1, 0.15) is 5.75 Å². The van der Waals surface area contributed by atoms with Crippen LogP contribution in [-0.2, 0) is 9.59 Å². The summed E-state index contributed by atoms with van der Waals surface area (Å²) < 4.78 is 5.46. The highest BCUT2D eigenvalue weighted by Crippen LogP contribution is 2.27. The standard InChI is InChI=1S/C16H20Cl2N2O3/c1-2-3-15(21)19-6-8-20(9-7-19)16(22)11-23-14-5-4-12(17)10-13(14)18/h4-5,10H,2-3,6-9,11H2,1H3. The van der Waals surface area contributed by atoms with Crippen LogP contribution in [-0.4, -0.2) is 54.4 Å². The minimum absolute atomic E-state index is 0.0791. The summed E-state index contributed by atoms with van der Waals surface area (Å²) in [4.78, 5) is 27.5. The first kappa shape index (κ1) is 17.9. The highest BCUT2D eigenvalue weighted by Gasteiger charge is 2.23. The summed E-state index contributed by atoms with van der Waals surface area (Å²) in [6.07, 6.45) is 1.40. The van der Waals surface area contributed by atoms with Gasteiger partial charge in [0.15, 0.2) is 6.61 Å². The van der Waals surface area contributed by atoms with Crippen molar-refractivity contribution in [2.24, 2.45) is 0 Å². The lowest BCUT2D eigenvalue weighted by Gasteiger charge is -2.34. The van der Waals surface area contributed by atoms with Crippen LogP contribution in [0.25, 0.3) is 0 Å². The van der Waals surface area contributed by atoms with E-state index in [9.17, 15) is 9.59 Å². The molecule has 1 aliphatic heterocycles. The van der Waals surface area contributed by atoms with Crippen LogP contribution >= 0.6 is 23.2 Å². The van der Waals surface area contributed by atoms with Crippen molar-refractivity contribution in [3.63, 3.8) is 0 Å². The van der Waals surface area contributed by atoms with E-state index >= 15 is 0 Å². The minimum atomic E-state index is -0.112. The van der Waals surface area contributed by atoms with Crippen LogP contribution in [0, 0.1) is 0 Å². The minimum Gasteiger partial charge on any atom is -0.482 e. The lowest BCUT2D eigenvalue weighted by Crippen LogP contribution is -2.51. The molecular formula is C16H20Cl2N2O3. The molecule has 1 saturated heterocycles. The molecule has 1 aromatic rings. The van der Waals surface area contributed by atoms with Crippen LogP contribution in [0.2, 0.25) is 10.0 Å². The van der Waals surface area contributed by atoms with Crippen LogP contribution in [0.15, 0.2) is 18.2 Å². The quantitative estimate of drug-likeness (QED) is 0.812. The molecule has 7 heteroatoms. The fraction of sp³-hybridized carbons (Fsp3) is 0.500. The number of amides is 2. The average molecular weight is 359 g/mol. The lowest BCUT2D eigenvalue weighted by atomic mass is 10.2. The average Bonchev–Trinajstić information content (AvgIpc) is 2.54. The SMILES string of the molecule is CCCC(=O)N1CCN(C(=O)COc2ccc(Cl)cc2Cl)CC1. The topological polar surface area (TPSA) is 49.9 Å². The van der Waals surface area contributed by atoms with E-state index in [1.807, 2.05) is 11.8 Å². The van der Waals surface area contributed by atoms with Gasteiger partial charge in [0.2, 0.25) is 5.91 Å². The van der Waals surface area contributed by atoms with E-state index in [1.165, 1.54) is 0 Å². The summed E-state index contributed by atoms with van der Waals surface area (Å²) >= 11 is 11.8. The molecule has 23 heavy (non-hydrogen) atoms. The zero-order valence-corrected chi connectivity index (χ0v) is 14.6. The Balaban J connectivity index is 1.80. The number of carbonyl (C=O) groups excluding carboxylic acids is 2. The number of benzene rings is 1. The lowest BCUT2D eigenvalue weighted by molar-refractivity contribution is -0.140. The fourth-order valence-corrected chi connectivity index (χ4v) is 2.86. The summed E-state index contributed by atoms with van der Waals surface area (Å²) in [6, 6.07) is 4.87. The van der Waals surface area contributed by atoms with Crippen molar-refractivity contribution in [1.29, 1.82) is 0 Å². The van der Waals surface area contributed by atoms with E-state index in [-0.39, 0.29) is 18.4 Å². The van der Waals surface area contributed by atoms with Crippen LogP contribution in [0.1, 0.15) is 19.8 Å². The molecule has 0 atom stereocenters. The second kappa shape index (κ2) is 8.41. The molecule has 0 N–H and O–H groups in total. The van der Waals surface area contributed by atoms with Gasteiger partial charge in [-0.15, -0.1) is 0 Å². The Kier molecular flexibility index (Phi) is 6.54. The molecular weight excluding hydrogens is 339 g/mol. The maximum Gasteiger partial charge on any atom is 0.260 e. The second-order valence-corrected chi connectivity index (χ2v) is 6.22. The molecule has 5 nitrogen and oxygen atoms in total. The number of nitrogens with zero attached hydrogens (tertiary/aromatic N) is 2. The summed E-state index contributed by atoms with van der Waals surface area (Å²) in [5, 5.41) is 0.891. The Morgan fingerprint density at radius 3 is 2.26 bits per heavy atom. The smallest absolute Gasteiger partial charge is 0.260 e. The molecule has 0 aliphatic carbocycles. The zero-order valence-electron chi connectivity index (χ0n) is 13.1. The Morgan fingerprint density at radius 2 is 1.70 bits per heavy atom. The highest BCUT2D eigenvalue weighted by atomic mass is 35.5. The Hall–Kier alpha value is -1.46. The number of hydrogen-bond acceptors (Lipinski definition) is 3. The summed E-state index contributed by atoms with van der Waals surface area (Å²) in [7, 11) is 0. The molecule has 1 aromatic carbocycles. The van der Waals surface area contributed by atoms with Crippen LogP contribution in [0.5, 0.6) is 5.75 Å². The van der Waals surface area contributed by atoms with Gasteiger partial charge in [0.25, 0.3) is 5.91 Å². The Morgan fingerprint density at radius 1 is 1.09 bits per heavy atom. The molecule has 0 radical (unpaired) electrons. The van der Waals surface area contributed by atoms with Crippen LogP contribution in [0.3, 0.4) is 0 Å². The fourth-order valence-electron chi connectivity index (χ4n) is 2.40. The van der Waals surface area contributed by atoms with Crippen LogP contribution in [0.4, 0.5) is 0 Å². The summed E-state index contributed by atoms with van der Waals surface area (Å²) in [5.74, 6) is 0.476. The molecule has 0 unspecified atom stereocenters. The Bertz CT molecular complexity index is 572. The molecule has 1 aliphatic rings. The number of rotatable bonds is 5. The molecule has 0 saturated carbocycles. The van der Waals surface area contributed by atoms with Gasteiger partial charge in [-0.3, -0.25) is 9.59 Å². The third kappa shape index (κ3) is 5.01. The number of piperazine rings is 1. The molecule has 2 rings (SSSR count). The normalized spacial score (nSPS) is 14.7. The maximum absolute atomic E-state index is 12.2. The molecule has 2 amide bonds. The zero-order chi connectivity index (χ0) is 16.8. The first-order chi connectivity index (χ1) is 11.0. The second-order valence-electron chi connectivity index (χ2n) is 5.37. The Labute approximate surface area is 146 Å². The predicted octanol–water partition coefficient (Wildman–Crippen LogP) is 2.84. The van der Waals surface area contributed by atoms with Crippen molar-refractivity contribution in [1.82, 2.24) is 9.80 Å². The third-order valence-corrected chi connectivity index (χ3v) is 4.22. The van der Waals surface area contributed by atoms with Crippen molar-refractivity contribution in [3.8, 4) is 5.75 Å². The van der Waals surface area contributed by atoms with E-state index in [1.54, 1.807) is 23.1 Å². The van der Waals surface area contributed by atoms with Gasteiger partial charge >= 0.3 is 0 Å². The molecule has 0 aromatic heterocycles. The maximum atomic E-state index is 12.2. The van der Waals surface area contributed by atoms with Gasteiger partial charge in [-0.1, -0.05) is 30.1 Å². The monoisotopic (exact) mass is 358 g/mol. The van der Waals surface area contributed by atoms with E-state index in [0.717, 1.165) is 6.42 Å². The first-order valence-electron chi connectivity index (χ1n) is 7.64. The third-order valence-electron chi connectivity index (χ3n) is 3.69. The van der Waals surface area contributed by atoms with Crippen molar-refractivity contribution in [2.45, 2.75) is 19.8 Å². The number of hydrogen-bond donors (Lipinski definition) is 0. The van der Waals surface area contributed by atoms with Gasteiger partial charge in [-0.05, 0) is 24.6 Å². The largest absolute Gasteiger partial charge is 0.482 e. The van der Waals surface area contributed by atoms with E-state index in [2.05, 4.69) is 0 Å². The summed E-state index contributed by atoms with van der Waals surface area (Å²) in [6.45, 7) is 4.12. The van der Waals surface area contributed by atoms with E-state index in [4.69, 9.17) is 27.9 Å². The van der Waals surface area contributed by atoms with Crippen LogP contribution < -0.4 is 4.74 Å². The van der Waals surface area contributed by atoms with Gasteiger partial charge < -0.3 is 14.5 Å². The summed E-state index contributed by atoms with van der Waals surface area (Å²) in [5.41, 5.74) is 0. The van der Waals surface area contributed by atoms with Crippen molar-refractivity contribution < 1.29 is 14.3 Å². The molecule has 126 valence electrons. The predicted molar refractivity (Wildman–Crippen MR) is 90.0 cm³/mol. The van der Waals surface area contributed by atoms with Crippen molar-refractivity contribution in [2.75, 3.05) is 32.8 Å². The molecule has 1 heterocycles. The molecule has 0 bridgehead atoms. The van der Waals surface area contributed by atoms with Crippen molar-refractivity contribution in [3.05, 3.63) is 28.2 Å². The van der Waals surface area contributed by atoms with Gasteiger partial charge in [-0.2, -0.15) is 0 Å². The first-order valence-corrected chi connectivity index (χ1v) is 8.40. The van der Waals surface area contributed by atoms with E-state index < -0.39 is 0 Å². The molecule has 1 fully saturated rings. The highest BCUT2D eigenvalue weighted by molar-refractivity contribution is 6.35. The number of carbonyl (C=O) groups is 2. The number of ether oxygens (including phenoxy) is 1. The molecule has 0 spiro atoms. The van der Waals surface area contributed by atoms with Gasteiger partial charge in [0, 0.05) is 37.6 Å². The van der Waals surface area contributed by atoms with E-state index in [0.29, 0.717) is 48.4 Å². The van der Waals surface area contributed by atoms with Crippen molar-refractivity contribution >= 4 is 35.0 Å². The van der Waals surface area contributed by atoms with Gasteiger partial charge in [0.05, 0.1) is 5.02 Å². The number of halogens is 2. The van der Waals surface area contributed by atoms with Gasteiger partial charge in [-0.25, -0.2) is 0 Å².